The van der Waals surface area contributed by atoms with Crippen molar-refractivity contribution in [2.45, 2.75) is 24.8 Å². The molecule has 0 fully saturated rings. The molecular weight excluding hydrogens is 277 g/mol. The molecule has 2 rings (SSSR count). The van der Waals surface area contributed by atoms with E-state index in [2.05, 4.69) is 19.2 Å². The summed E-state index contributed by atoms with van der Waals surface area (Å²) >= 11 is 12.4. The zero-order valence-electron chi connectivity index (χ0n) is 9.80. The van der Waals surface area contributed by atoms with E-state index >= 15 is 0 Å². The minimum Gasteiger partial charge on any atom is -0.310 e. The summed E-state index contributed by atoms with van der Waals surface area (Å²) in [4.78, 5) is 0.711. The lowest BCUT2D eigenvalue weighted by Gasteiger charge is -2.32. The molecule has 3 unspecified atom stereocenters. The zero-order valence-corrected chi connectivity index (χ0v) is 12.1. The van der Waals surface area contributed by atoms with Crippen LogP contribution < -0.4 is 5.32 Å². The number of rotatable bonds is 2. The maximum atomic E-state index is 12.2. The van der Waals surface area contributed by atoms with Crippen molar-refractivity contribution in [3.8, 4) is 0 Å². The molecule has 0 saturated heterocycles. The zero-order chi connectivity index (χ0) is 12.6. The van der Waals surface area contributed by atoms with Crippen LogP contribution in [0.15, 0.2) is 17.0 Å². The van der Waals surface area contributed by atoms with Gasteiger partial charge in [-0.15, -0.1) is 0 Å². The van der Waals surface area contributed by atoms with Gasteiger partial charge in [0.15, 0.2) is 0 Å². The summed E-state index contributed by atoms with van der Waals surface area (Å²) < 4.78 is 12.2. The third-order valence-corrected chi connectivity index (χ3v) is 5.52. The number of benzene rings is 1. The van der Waals surface area contributed by atoms with Gasteiger partial charge in [-0.25, -0.2) is 0 Å². The van der Waals surface area contributed by atoms with E-state index in [9.17, 15) is 4.21 Å². The minimum atomic E-state index is -1.05. The molecule has 94 valence electrons. The predicted molar refractivity (Wildman–Crippen MR) is 73.3 cm³/mol. The summed E-state index contributed by atoms with van der Waals surface area (Å²) in [7, 11) is -1.05. The van der Waals surface area contributed by atoms with Gasteiger partial charge in [-0.05, 0) is 24.6 Å². The summed E-state index contributed by atoms with van der Waals surface area (Å²) in [6.07, 6.45) is 0. The molecule has 17 heavy (non-hydrogen) atoms. The molecule has 1 N–H and O–H groups in total. The van der Waals surface area contributed by atoms with E-state index < -0.39 is 10.8 Å². The minimum absolute atomic E-state index is 0.138. The fourth-order valence-corrected chi connectivity index (χ4v) is 4.65. The number of hydrogen-bond acceptors (Lipinski definition) is 2. The van der Waals surface area contributed by atoms with Crippen LogP contribution in [0.2, 0.25) is 10.0 Å². The maximum Gasteiger partial charge on any atom is 0.0637 e. The molecule has 1 heterocycles. The van der Waals surface area contributed by atoms with Crippen LogP contribution in [0, 0.1) is 5.92 Å². The standard InChI is InChI=1S/C12H15Cl2NOS/c1-3-15-11-7(2)6-17(16)12-9(14)5-4-8(13)10(11)12/h4-5,7,11,15H,3,6H2,1-2H3. The first kappa shape index (κ1) is 13.3. The molecule has 5 heteroatoms. The molecule has 0 radical (unpaired) electrons. The van der Waals surface area contributed by atoms with Gasteiger partial charge in [-0.1, -0.05) is 37.0 Å². The summed E-state index contributed by atoms with van der Waals surface area (Å²) in [5.41, 5.74) is 0.915. The fraction of sp³-hybridized carbons (Fsp3) is 0.500. The number of nitrogens with one attached hydrogen (secondary N) is 1. The van der Waals surface area contributed by atoms with Gasteiger partial charge in [0.1, 0.15) is 0 Å². The first-order valence-electron chi connectivity index (χ1n) is 5.66. The molecule has 0 amide bonds. The highest BCUT2D eigenvalue weighted by Gasteiger charge is 2.33. The van der Waals surface area contributed by atoms with Crippen molar-refractivity contribution < 1.29 is 4.21 Å². The normalized spacial score (nSPS) is 27.9. The summed E-state index contributed by atoms with van der Waals surface area (Å²) in [5, 5.41) is 4.60. The molecule has 0 bridgehead atoms. The van der Waals surface area contributed by atoms with Crippen LogP contribution in [0.1, 0.15) is 25.5 Å². The van der Waals surface area contributed by atoms with E-state index in [0.717, 1.165) is 12.1 Å². The third-order valence-electron chi connectivity index (χ3n) is 3.04. The van der Waals surface area contributed by atoms with E-state index in [-0.39, 0.29) is 6.04 Å². The molecule has 0 aliphatic carbocycles. The van der Waals surface area contributed by atoms with E-state index in [1.54, 1.807) is 12.1 Å². The fourth-order valence-electron chi connectivity index (χ4n) is 2.30. The van der Waals surface area contributed by atoms with E-state index in [4.69, 9.17) is 23.2 Å². The monoisotopic (exact) mass is 291 g/mol. The van der Waals surface area contributed by atoms with Crippen LogP contribution in [-0.2, 0) is 10.8 Å². The quantitative estimate of drug-likeness (QED) is 0.905. The summed E-state index contributed by atoms with van der Waals surface area (Å²) in [6, 6.07) is 3.64. The summed E-state index contributed by atoms with van der Waals surface area (Å²) in [5.74, 6) is 0.921. The average Bonchev–Trinajstić information content (AvgIpc) is 2.27. The lowest BCUT2D eigenvalue weighted by Crippen LogP contribution is -2.34. The Morgan fingerprint density at radius 1 is 1.41 bits per heavy atom. The van der Waals surface area contributed by atoms with E-state index in [0.29, 0.717) is 26.6 Å². The SMILES string of the molecule is CCNC1c2c(Cl)ccc(Cl)c2S(=O)CC1C. The Morgan fingerprint density at radius 2 is 2.06 bits per heavy atom. The molecule has 0 aromatic heterocycles. The number of fused-ring (bicyclic) bond motifs is 1. The number of halogens is 2. The second kappa shape index (κ2) is 5.27. The number of hydrogen-bond donors (Lipinski definition) is 1. The largest absolute Gasteiger partial charge is 0.310 e. The molecule has 2 nitrogen and oxygen atoms in total. The molecule has 0 spiro atoms. The van der Waals surface area contributed by atoms with Crippen LogP contribution in [-0.4, -0.2) is 16.5 Å². The van der Waals surface area contributed by atoms with Crippen LogP contribution in [0.5, 0.6) is 0 Å². The van der Waals surface area contributed by atoms with Crippen molar-refractivity contribution in [1.82, 2.24) is 5.32 Å². The Morgan fingerprint density at radius 3 is 2.71 bits per heavy atom. The molecule has 1 aliphatic rings. The van der Waals surface area contributed by atoms with Gasteiger partial charge in [-0.2, -0.15) is 0 Å². The Kier molecular flexibility index (Phi) is 4.14. The Labute approximate surface area is 114 Å². The lowest BCUT2D eigenvalue weighted by atomic mass is 9.95. The van der Waals surface area contributed by atoms with Crippen molar-refractivity contribution in [2.75, 3.05) is 12.3 Å². The third kappa shape index (κ3) is 2.39. The van der Waals surface area contributed by atoms with Crippen molar-refractivity contribution in [2.24, 2.45) is 5.92 Å². The Bertz CT molecular complexity index is 464. The van der Waals surface area contributed by atoms with Crippen molar-refractivity contribution in [3.63, 3.8) is 0 Å². The topological polar surface area (TPSA) is 29.1 Å². The maximum absolute atomic E-state index is 12.2. The highest BCUT2D eigenvalue weighted by atomic mass is 35.5. The van der Waals surface area contributed by atoms with Crippen LogP contribution >= 0.6 is 23.2 Å². The van der Waals surface area contributed by atoms with Gasteiger partial charge in [0.25, 0.3) is 0 Å². The van der Waals surface area contributed by atoms with Crippen molar-refractivity contribution >= 4 is 34.0 Å². The Balaban J connectivity index is 2.60. The second-order valence-electron chi connectivity index (χ2n) is 4.30. The van der Waals surface area contributed by atoms with Crippen LogP contribution in [0.3, 0.4) is 0 Å². The Hall–Kier alpha value is -0.0900. The summed E-state index contributed by atoms with van der Waals surface area (Å²) in [6.45, 7) is 4.99. The smallest absolute Gasteiger partial charge is 0.0637 e. The first-order chi connectivity index (χ1) is 8.06. The lowest BCUT2D eigenvalue weighted by molar-refractivity contribution is 0.411. The van der Waals surface area contributed by atoms with Gasteiger partial charge in [0.2, 0.25) is 0 Å². The first-order valence-corrected chi connectivity index (χ1v) is 7.73. The van der Waals surface area contributed by atoms with E-state index in [1.807, 2.05) is 0 Å². The molecule has 0 saturated carbocycles. The van der Waals surface area contributed by atoms with E-state index in [1.165, 1.54) is 0 Å². The predicted octanol–water partition coefficient (Wildman–Crippen LogP) is 3.40. The van der Waals surface area contributed by atoms with Gasteiger partial charge in [0, 0.05) is 22.4 Å². The molecule has 1 aromatic rings. The highest BCUT2D eigenvalue weighted by Crippen LogP contribution is 2.41. The van der Waals surface area contributed by atoms with Gasteiger partial charge in [-0.3, -0.25) is 4.21 Å². The highest BCUT2D eigenvalue weighted by molar-refractivity contribution is 7.85. The second-order valence-corrected chi connectivity index (χ2v) is 6.54. The van der Waals surface area contributed by atoms with Gasteiger partial charge < -0.3 is 5.32 Å². The van der Waals surface area contributed by atoms with Gasteiger partial charge in [0.05, 0.1) is 20.7 Å². The van der Waals surface area contributed by atoms with Crippen molar-refractivity contribution in [1.29, 1.82) is 0 Å². The molecule has 3 atom stereocenters. The average molecular weight is 292 g/mol. The molecule has 1 aromatic carbocycles. The molecular formula is C12H15Cl2NOS. The van der Waals surface area contributed by atoms with Gasteiger partial charge >= 0.3 is 0 Å². The van der Waals surface area contributed by atoms with Crippen LogP contribution in [0.4, 0.5) is 0 Å². The van der Waals surface area contributed by atoms with Crippen molar-refractivity contribution in [3.05, 3.63) is 27.7 Å². The molecule has 1 aliphatic heterocycles. The van der Waals surface area contributed by atoms with Crippen LogP contribution in [0.25, 0.3) is 0 Å².